The number of aryl methyl sites for hydroxylation is 1. The Morgan fingerprint density at radius 2 is 1.61 bits per heavy atom. The highest BCUT2D eigenvalue weighted by molar-refractivity contribution is 6.33. The largest absolute Gasteiger partial charge is 0.269 e. The van der Waals surface area contributed by atoms with Crippen LogP contribution in [-0.4, -0.2) is 11.8 Å². The number of carbonyl (C=O) groups is 2. The van der Waals surface area contributed by atoms with Crippen LogP contribution in [0.25, 0.3) is 0 Å². The van der Waals surface area contributed by atoms with E-state index in [4.69, 9.17) is 0 Å². The maximum Gasteiger partial charge on any atom is 0.261 e. The summed E-state index contributed by atoms with van der Waals surface area (Å²) in [6.07, 6.45) is 3.53. The van der Waals surface area contributed by atoms with Crippen LogP contribution in [0, 0.1) is 6.92 Å². The van der Waals surface area contributed by atoms with Crippen LogP contribution in [0.5, 0.6) is 0 Å². The van der Waals surface area contributed by atoms with Gasteiger partial charge in [-0.15, -0.1) is 0 Å². The Hall–Kier alpha value is -1.90. The van der Waals surface area contributed by atoms with Gasteiger partial charge in [0, 0.05) is 11.1 Å². The number of anilines is 1. The molecule has 0 N–H and O–H groups in total. The van der Waals surface area contributed by atoms with E-state index in [0.717, 1.165) is 42.4 Å². The molecule has 1 aromatic carbocycles. The maximum atomic E-state index is 12.3. The van der Waals surface area contributed by atoms with Crippen molar-refractivity contribution in [2.24, 2.45) is 0 Å². The topological polar surface area (TPSA) is 37.4 Å². The van der Waals surface area contributed by atoms with Gasteiger partial charge in [-0.05, 0) is 50.3 Å². The van der Waals surface area contributed by atoms with Gasteiger partial charge in [0.2, 0.25) is 0 Å². The van der Waals surface area contributed by atoms with Crippen molar-refractivity contribution in [1.29, 1.82) is 0 Å². The van der Waals surface area contributed by atoms with Gasteiger partial charge < -0.3 is 0 Å². The monoisotopic (exact) mass is 241 g/mol. The van der Waals surface area contributed by atoms with E-state index in [9.17, 15) is 9.59 Å². The number of amides is 2. The lowest BCUT2D eigenvalue weighted by Gasteiger charge is -2.15. The maximum absolute atomic E-state index is 12.3. The molecule has 0 unspecified atom stereocenters. The molecule has 2 aliphatic rings. The van der Waals surface area contributed by atoms with E-state index in [2.05, 4.69) is 0 Å². The fourth-order valence-corrected chi connectivity index (χ4v) is 2.74. The Kier molecular flexibility index (Phi) is 2.54. The van der Waals surface area contributed by atoms with E-state index < -0.39 is 0 Å². The predicted octanol–water partition coefficient (Wildman–Crippen LogP) is 2.74. The predicted molar refractivity (Wildman–Crippen MR) is 69.2 cm³/mol. The van der Waals surface area contributed by atoms with Crippen LogP contribution in [0.2, 0.25) is 0 Å². The van der Waals surface area contributed by atoms with Gasteiger partial charge in [0.15, 0.2) is 0 Å². The van der Waals surface area contributed by atoms with E-state index in [1.54, 1.807) is 0 Å². The summed E-state index contributed by atoms with van der Waals surface area (Å²) in [5.74, 6) is -0.222. The van der Waals surface area contributed by atoms with Crippen LogP contribution in [-0.2, 0) is 9.59 Å². The molecule has 1 aliphatic heterocycles. The molecule has 3 nitrogen and oxygen atoms in total. The normalized spacial score (nSPS) is 19.5. The molecule has 0 atom stereocenters. The smallest absolute Gasteiger partial charge is 0.261 e. The first-order valence-electron chi connectivity index (χ1n) is 6.36. The summed E-state index contributed by atoms with van der Waals surface area (Å²) in [7, 11) is 0. The van der Waals surface area contributed by atoms with Crippen LogP contribution in [0.1, 0.15) is 31.2 Å². The van der Waals surface area contributed by atoms with Gasteiger partial charge in [-0.3, -0.25) is 9.59 Å². The number of imide groups is 1. The molecule has 92 valence electrons. The van der Waals surface area contributed by atoms with E-state index in [1.165, 1.54) is 4.90 Å². The summed E-state index contributed by atoms with van der Waals surface area (Å²) < 4.78 is 0. The minimum atomic E-state index is -0.111. The fraction of sp³-hybridized carbons (Fsp3) is 0.333. The van der Waals surface area contributed by atoms with Gasteiger partial charge in [0.25, 0.3) is 11.8 Å². The van der Waals surface area contributed by atoms with Crippen LogP contribution in [0.4, 0.5) is 5.69 Å². The Bertz CT molecular complexity index is 544. The molecule has 0 aromatic heterocycles. The molecule has 0 saturated carbocycles. The standard InChI is InChI=1S/C15H15NO2/c1-10-5-4-6-11(9-10)16-14(17)12-7-2-3-8-13(12)15(16)18/h4-6,9H,2-3,7-8H2,1H3. The fourth-order valence-electron chi connectivity index (χ4n) is 2.74. The zero-order valence-corrected chi connectivity index (χ0v) is 10.4. The molecular weight excluding hydrogens is 226 g/mol. The van der Waals surface area contributed by atoms with Crippen molar-refractivity contribution < 1.29 is 9.59 Å². The number of rotatable bonds is 1. The van der Waals surface area contributed by atoms with E-state index in [0.29, 0.717) is 5.69 Å². The summed E-state index contributed by atoms with van der Waals surface area (Å²) in [5.41, 5.74) is 3.23. The van der Waals surface area contributed by atoms with E-state index >= 15 is 0 Å². The third-order valence-electron chi connectivity index (χ3n) is 3.65. The second kappa shape index (κ2) is 4.09. The molecule has 1 aromatic rings. The molecule has 0 saturated heterocycles. The Balaban J connectivity index is 2.02. The highest BCUT2D eigenvalue weighted by Crippen LogP contribution is 2.35. The summed E-state index contributed by atoms with van der Waals surface area (Å²) in [6.45, 7) is 1.96. The van der Waals surface area contributed by atoms with Crippen LogP contribution < -0.4 is 4.90 Å². The molecule has 3 rings (SSSR count). The van der Waals surface area contributed by atoms with Crippen LogP contribution in [0.15, 0.2) is 35.4 Å². The minimum Gasteiger partial charge on any atom is -0.269 e. The number of carbonyl (C=O) groups excluding carboxylic acids is 2. The molecular formula is C15H15NO2. The Labute approximate surface area is 106 Å². The number of benzene rings is 1. The summed E-state index contributed by atoms with van der Waals surface area (Å²) >= 11 is 0. The third-order valence-corrected chi connectivity index (χ3v) is 3.65. The molecule has 3 heteroatoms. The first-order chi connectivity index (χ1) is 8.68. The first-order valence-corrected chi connectivity index (χ1v) is 6.36. The number of hydrogen-bond acceptors (Lipinski definition) is 2. The van der Waals surface area contributed by atoms with Crippen molar-refractivity contribution in [1.82, 2.24) is 0 Å². The Morgan fingerprint density at radius 1 is 1.00 bits per heavy atom. The lowest BCUT2D eigenvalue weighted by atomic mass is 9.93. The van der Waals surface area contributed by atoms with Gasteiger partial charge in [0.05, 0.1) is 5.69 Å². The first kappa shape index (κ1) is 11.2. The summed E-state index contributed by atoms with van der Waals surface area (Å²) in [6, 6.07) is 7.54. The number of nitrogens with zero attached hydrogens (tertiary/aromatic N) is 1. The van der Waals surface area contributed by atoms with Gasteiger partial charge in [-0.2, -0.15) is 0 Å². The highest BCUT2D eigenvalue weighted by Gasteiger charge is 2.39. The van der Waals surface area contributed by atoms with Gasteiger partial charge in [-0.25, -0.2) is 4.90 Å². The molecule has 18 heavy (non-hydrogen) atoms. The second-order valence-corrected chi connectivity index (χ2v) is 4.95. The quantitative estimate of drug-likeness (QED) is 0.709. The van der Waals surface area contributed by atoms with E-state index in [-0.39, 0.29) is 11.8 Å². The zero-order valence-electron chi connectivity index (χ0n) is 10.4. The summed E-state index contributed by atoms with van der Waals surface area (Å²) in [4.78, 5) is 26.0. The molecule has 0 fully saturated rings. The average molecular weight is 241 g/mol. The molecule has 0 bridgehead atoms. The molecule has 1 aliphatic carbocycles. The van der Waals surface area contributed by atoms with Crippen molar-refractivity contribution in [3.63, 3.8) is 0 Å². The van der Waals surface area contributed by atoms with Crippen molar-refractivity contribution in [3.05, 3.63) is 41.0 Å². The average Bonchev–Trinajstić information content (AvgIpc) is 2.63. The Morgan fingerprint density at radius 3 is 2.17 bits per heavy atom. The number of hydrogen-bond donors (Lipinski definition) is 0. The van der Waals surface area contributed by atoms with Gasteiger partial charge in [0.1, 0.15) is 0 Å². The van der Waals surface area contributed by atoms with Crippen LogP contribution >= 0.6 is 0 Å². The van der Waals surface area contributed by atoms with Crippen molar-refractivity contribution >= 4 is 17.5 Å². The van der Waals surface area contributed by atoms with Crippen molar-refractivity contribution in [2.45, 2.75) is 32.6 Å². The third kappa shape index (κ3) is 1.58. The highest BCUT2D eigenvalue weighted by atomic mass is 16.2. The molecule has 2 amide bonds. The molecule has 1 heterocycles. The lowest BCUT2D eigenvalue weighted by molar-refractivity contribution is -0.120. The van der Waals surface area contributed by atoms with Crippen LogP contribution in [0.3, 0.4) is 0 Å². The zero-order chi connectivity index (χ0) is 12.7. The van der Waals surface area contributed by atoms with E-state index in [1.807, 2.05) is 31.2 Å². The van der Waals surface area contributed by atoms with Gasteiger partial charge in [-0.1, -0.05) is 12.1 Å². The molecule has 0 spiro atoms. The second-order valence-electron chi connectivity index (χ2n) is 4.95. The minimum absolute atomic E-state index is 0.111. The van der Waals surface area contributed by atoms with Crippen molar-refractivity contribution in [2.75, 3.05) is 4.90 Å². The van der Waals surface area contributed by atoms with Gasteiger partial charge >= 0.3 is 0 Å². The molecule has 0 radical (unpaired) electrons. The van der Waals surface area contributed by atoms with Crippen molar-refractivity contribution in [3.8, 4) is 0 Å². The SMILES string of the molecule is Cc1cccc(N2C(=O)C3=C(CCCC3)C2=O)c1. The summed E-state index contributed by atoms with van der Waals surface area (Å²) in [5, 5.41) is 0. The lowest BCUT2D eigenvalue weighted by Crippen LogP contribution is -2.31.